The van der Waals surface area contributed by atoms with Gasteiger partial charge in [0.15, 0.2) is 6.23 Å². The molecule has 0 saturated carbocycles. The lowest BCUT2D eigenvalue weighted by atomic mass is 9.89. The Morgan fingerprint density at radius 1 is 1.62 bits per heavy atom. The molecule has 7 heteroatoms. The summed E-state index contributed by atoms with van der Waals surface area (Å²) in [5.41, 5.74) is 5.09. The van der Waals surface area contributed by atoms with Gasteiger partial charge in [0.2, 0.25) is 0 Å². The van der Waals surface area contributed by atoms with Gasteiger partial charge in [-0.15, -0.1) is 0 Å². The van der Waals surface area contributed by atoms with E-state index < -0.39 is 29.7 Å². The summed E-state index contributed by atoms with van der Waals surface area (Å²) >= 11 is 0. The number of anilines is 1. The van der Waals surface area contributed by atoms with Crippen LogP contribution in [0.5, 0.6) is 0 Å². The first kappa shape index (κ1) is 14.5. The Morgan fingerprint density at radius 3 is 3.00 bits per heavy atom. The summed E-state index contributed by atoms with van der Waals surface area (Å²) in [6, 6.07) is 0. The lowest BCUT2D eigenvalue weighted by Gasteiger charge is -2.32. The summed E-state index contributed by atoms with van der Waals surface area (Å²) in [6.45, 7) is 6.25. The Bertz CT molecular complexity index is 615. The van der Waals surface area contributed by atoms with Crippen LogP contribution in [0.4, 0.5) is 5.82 Å². The molecule has 1 aromatic heterocycles. The maximum Gasteiger partial charge on any atom is 0.351 e. The maximum atomic E-state index is 12.0. The summed E-state index contributed by atoms with van der Waals surface area (Å²) in [5.74, 6) is 0.557. The number of rotatable bonds is 3. The van der Waals surface area contributed by atoms with Gasteiger partial charge in [-0.3, -0.25) is 4.57 Å². The minimum Gasteiger partial charge on any atom is -0.387 e. The van der Waals surface area contributed by atoms with Crippen LogP contribution in [0.15, 0.2) is 11.0 Å². The maximum absolute atomic E-state index is 12.0. The van der Waals surface area contributed by atoms with Crippen molar-refractivity contribution in [3.63, 3.8) is 0 Å². The molecular formula is C14H21N3O4. The number of aliphatic hydroxyl groups excluding tert-OH is 1. The zero-order chi connectivity index (χ0) is 15.4. The minimum absolute atomic E-state index is 0.206. The van der Waals surface area contributed by atoms with Crippen LogP contribution in [-0.4, -0.2) is 39.1 Å². The van der Waals surface area contributed by atoms with Crippen LogP contribution >= 0.6 is 0 Å². The van der Waals surface area contributed by atoms with Crippen molar-refractivity contribution in [2.75, 3.05) is 12.3 Å². The van der Waals surface area contributed by atoms with Crippen molar-refractivity contribution in [1.29, 1.82) is 0 Å². The molecule has 2 unspecified atom stereocenters. The number of aliphatic hydroxyl groups is 1. The van der Waals surface area contributed by atoms with Crippen molar-refractivity contribution in [2.45, 2.75) is 51.2 Å². The van der Waals surface area contributed by atoms with Gasteiger partial charge in [-0.25, -0.2) is 4.79 Å². The second-order valence-electron chi connectivity index (χ2n) is 6.39. The third-order valence-electron chi connectivity index (χ3n) is 4.21. The Kier molecular flexibility index (Phi) is 3.31. The largest absolute Gasteiger partial charge is 0.387 e. The number of hydrogen-bond donors (Lipinski definition) is 2. The molecule has 3 rings (SSSR count). The van der Waals surface area contributed by atoms with Crippen LogP contribution < -0.4 is 11.4 Å². The van der Waals surface area contributed by atoms with E-state index in [1.807, 2.05) is 0 Å². The summed E-state index contributed by atoms with van der Waals surface area (Å²) in [6.07, 6.45) is 0.333. The normalized spacial score (nSPS) is 34.8. The van der Waals surface area contributed by atoms with E-state index in [-0.39, 0.29) is 5.82 Å². The lowest BCUT2D eigenvalue weighted by Crippen LogP contribution is -2.42. The highest BCUT2D eigenvalue weighted by Crippen LogP contribution is 2.47. The average Bonchev–Trinajstić information content (AvgIpc) is 2.83. The van der Waals surface area contributed by atoms with E-state index in [0.29, 0.717) is 24.5 Å². The fraction of sp³-hybridized carbons (Fsp3) is 0.714. The molecule has 2 bridgehead atoms. The summed E-state index contributed by atoms with van der Waals surface area (Å²) in [4.78, 5) is 15.8. The SMILES string of the molecule is Cc1cn([C@@H]2O[C@@]3(CC(C)C)COC2C3O)c(=O)nc1N. The molecule has 2 aliphatic heterocycles. The second kappa shape index (κ2) is 4.79. The lowest BCUT2D eigenvalue weighted by molar-refractivity contribution is -0.180. The van der Waals surface area contributed by atoms with Gasteiger partial charge in [0.25, 0.3) is 0 Å². The second-order valence-corrected chi connectivity index (χ2v) is 6.39. The molecule has 2 saturated heterocycles. The van der Waals surface area contributed by atoms with Crippen molar-refractivity contribution in [1.82, 2.24) is 9.55 Å². The van der Waals surface area contributed by atoms with E-state index in [1.165, 1.54) is 4.57 Å². The first-order valence-electron chi connectivity index (χ1n) is 7.17. The minimum atomic E-state index is -0.741. The number of ether oxygens (including phenoxy) is 2. The molecule has 0 radical (unpaired) electrons. The van der Waals surface area contributed by atoms with Crippen molar-refractivity contribution in [3.8, 4) is 0 Å². The van der Waals surface area contributed by atoms with Crippen molar-refractivity contribution in [3.05, 3.63) is 22.2 Å². The van der Waals surface area contributed by atoms with Gasteiger partial charge in [-0.1, -0.05) is 13.8 Å². The highest BCUT2D eigenvalue weighted by Gasteiger charge is 2.61. The van der Waals surface area contributed by atoms with Gasteiger partial charge in [0.1, 0.15) is 23.6 Å². The van der Waals surface area contributed by atoms with Crippen molar-refractivity contribution >= 4 is 5.82 Å². The van der Waals surface area contributed by atoms with E-state index in [1.54, 1.807) is 13.1 Å². The van der Waals surface area contributed by atoms with E-state index in [4.69, 9.17) is 15.2 Å². The molecule has 2 aliphatic rings. The quantitative estimate of drug-likeness (QED) is 0.827. The monoisotopic (exact) mass is 295 g/mol. The summed E-state index contributed by atoms with van der Waals surface area (Å²) in [5, 5.41) is 10.5. The number of aryl methyl sites for hydroxylation is 1. The Balaban J connectivity index is 1.96. The molecule has 7 nitrogen and oxygen atoms in total. The predicted molar refractivity (Wildman–Crippen MR) is 75.7 cm³/mol. The zero-order valence-corrected chi connectivity index (χ0v) is 12.4. The molecule has 3 heterocycles. The van der Waals surface area contributed by atoms with Crippen molar-refractivity contribution < 1.29 is 14.6 Å². The van der Waals surface area contributed by atoms with E-state index in [2.05, 4.69) is 18.8 Å². The summed E-state index contributed by atoms with van der Waals surface area (Å²) < 4.78 is 13.1. The van der Waals surface area contributed by atoms with Crippen LogP contribution in [0.2, 0.25) is 0 Å². The fourth-order valence-corrected chi connectivity index (χ4v) is 3.26. The van der Waals surface area contributed by atoms with Gasteiger partial charge >= 0.3 is 5.69 Å². The standard InChI is InChI=1S/C14H21N3O4/c1-7(2)4-14-6-20-9(10(14)18)12(21-14)17-5-8(3)11(15)16-13(17)19/h5,7,9-10,12,18H,4,6H2,1-3H3,(H2,15,16,19)/t9?,10?,12-,14+/m1/s1. The molecule has 3 N–H and O–H groups in total. The fourth-order valence-electron chi connectivity index (χ4n) is 3.26. The summed E-state index contributed by atoms with van der Waals surface area (Å²) in [7, 11) is 0. The topological polar surface area (TPSA) is 99.6 Å². The van der Waals surface area contributed by atoms with Gasteiger partial charge in [0.05, 0.1) is 6.61 Å². The number of nitrogen functional groups attached to an aromatic ring is 1. The van der Waals surface area contributed by atoms with Crippen LogP contribution in [0.3, 0.4) is 0 Å². The van der Waals surface area contributed by atoms with Crippen LogP contribution in [0.1, 0.15) is 32.1 Å². The molecule has 0 aromatic carbocycles. The molecule has 1 aromatic rings. The Labute approximate surface area is 122 Å². The number of hydrogen-bond acceptors (Lipinski definition) is 6. The number of fused-ring (bicyclic) bond motifs is 2. The smallest absolute Gasteiger partial charge is 0.351 e. The zero-order valence-electron chi connectivity index (χ0n) is 12.4. The number of aromatic nitrogens is 2. The van der Waals surface area contributed by atoms with Crippen LogP contribution in [-0.2, 0) is 9.47 Å². The van der Waals surface area contributed by atoms with Gasteiger partial charge < -0.3 is 20.3 Å². The van der Waals surface area contributed by atoms with Gasteiger partial charge in [-0.2, -0.15) is 4.98 Å². The molecule has 0 spiro atoms. The van der Waals surface area contributed by atoms with E-state index in [0.717, 1.165) is 0 Å². The number of nitrogens with two attached hydrogens (primary N) is 1. The Morgan fingerprint density at radius 2 is 2.33 bits per heavy atom. The van der Waals surface area contributed by atoms with Crippen LogP contribution in [0, 0.1) is 12.8 Å². The first-order valence-corrected chi connectivity index (χ1v) is 7.17. The third-order valence-corrected chi connectivity index (χ3v) is 4.21. The average molecular weight is 295 g/mol. The molecule has 116 valence electrons. The molecular weight excluding hydrogens is 274 g/mol. The van der Waals surface area contributed by atoms with Gasteiger partial charge in [0, 0.05) is 11.8 Å². The third kappa shape index (κ3) is 2.16. The molecule has 4 atom stereocenters. The highest BCUT2D eigenvalue weighted by molar-refractivity contribution is 5.35. The highest BCUT2D eigenvalue weighted by atomic mass is 16.6. The van der Waals surface area contributed by atoms with Crippen LogP contribution in [0.25, 0.3) is 0 Å². The molecule has 2 fully saturated rings. The Hall–Kier alpha value is -1.44. The van der Waals surface area contributed by atoms with Gasteiger partial charge in [-0.05, 0) is 19.3 Å². The van der Waals surface area contributed by atoms with E-state index >= 15 is 0 Å². The molecule has 21 heavy (non-hydrogen) atoms. The first-order chi connectivity index (χ1) is 9.84. The van der Waals surface area contributed by atoms with E-state index in [9.17, 15) is 9.90 Å². The predicted octanol–water partition coefficient (Wildman–Crippen LogP) is 0.207. The molecule has 0 aliphatic carbocycles. The van der Waals surface area contributed by atoms with Crippen molar-refractivity contribution in [2.24, 2.45) is 5.92 Å². The molecule has 0 amide bonds. The number of nitrogens with zero attached hydrogens (tertiary/aromatic N) is 2.